The molecule has 1 unspecified atom stereocenters. The number of nitrogens with zero attached hydrogens (tertiary/aromatic N) is 1. The van der Waals surface area contributed by atoms with E-state index in [0.29, 0.717) is 29.4 Å². The molecule has 12 heteroatoms. The molecule has 1 aliphatic carbocycles. The van der Waals surface area contributed by atoms with Gasteiger partial charge >= 0.3 is 6.36 Å². The van der Waals surface area contributed by atoms with E-state index in [4.69, 9.17) is 5.14 Å². The van der Waals surface area contributed by atoms with Crippen LogP contribution in [0.1, 0.15) is 58.6 Å². The molecule has 0 aliphatic heterocycles. The lowest BCUT2D eigenvalue weighted by Gasteiger charge is -2.25. The summed E-state index contributed by atoms with van der Waals surface area (Å²) in [6.45, 7) is 7.36. The standard InChI is InChI=1S/C23H32F3N3O4S2/c1-15-21(35(27,31)32)13-18(29(15)14-16-8-6-5-7-9-16)17-10-11-20(34(30)28-22(2,3)4)19(12-17)33-23(24,25)26/h10-13,16,28H,5-9,14H2,1-4H3,(H2,27,31,32). The van der Waals surface area contributed by atoms with Gasteiger partial charge < -0.3 is 13.9 Å². The molecule has 3 rings (SSSR count). The molecule has 3 N–H and O–H groups in total. The Bertz CT molecular complexity index is 1150. The van der Waals surface area contributed by atoms with Crippen molar-refractivity contribution in [3.63, 3.8) is 0 Å². The van der Waals surface area contributed by atoms with E-state index in [0.717, 1.165) is 38.2 Å². The van der Waals surface area contributed by atoms with Crippen LogP contribution >= 0.6 is 0 Å². The second kappa shape index (κ2) is 10.3. The predicted molar refractivity (Wildman–Crippen MR) is 129 cm³/mol. The molecule has 1 heterocycles. The van der Waals surface area contributed by atoms with Crippen LogP contribution in [0.4, 0.5) is 13.2 Å². The van der Waals surface area contributed by atoms with Crippen molar-refractivity contribution in [1.82, 2.24) is 9.29 Å². The lowest BCUT2D eigenvalue weighted by Crippen LogP contribution is -2.40. The molecule has 0 saturated heterocycles. The summed E-state index contributed by atoms with van der Waals surface area (Å²) in [6.07, 6.45) is 0.266. The molecule has 35 heavy (non-hydrogen) atoms. The van der Waals surface area contributed by atoms with Gasteiger partial charge in [0.2, 0.25) is 14.9 Å². The first-order valence-corrected chi connectivity index (χ1v) is 14.1. The summed E-state index contributed by atoms with van der Waals surface area (Å²) in [5.41, 5.74) is 0.503. The zero-order valence-corrected chi connectivity index (χ0v) is 21.9. The highest BCUT2D eigenvalue weighted by Gasteiger charge is 2.36. The molecule has 0 amide bonds. The molecule has 1 aliphatic rings. The fraction of sp³-hybridized carbons (Fsp3) is 0.565. The number of hydrogen-bond acceptors (Lipinski definition) is 5. The second-order valence-corrected chi connectivity index (χ2v) is 12.7. The Morgan fingerprint density at radius 2 is 1.80 bits per heavy atom. The average Bonchev–Trinajstić information content (AvgIpc) is 3.03. The van der Waals surface area contributed by atoms with E-state index in [1.807, 2.05) is 0 Å². The summed E-state index contributed by atoms with van der Waals surface area (Å²) >= 11 is -1.99. The van der Waals surface area contributed by atoms with Crippen LogP contribution in [0.25, 0.3) is 11.3 Å². The third-order valence-electron chi connectivity index (χ3n) is 5.86. The largest absolute Gasteiger partial charge is 0.593 e. The van der Waals surface area contributed by atoms with Crippen LogP contribution in [-0.4, -0.2) is 29.4 Å². The summed E-state index contributed by atoms with van der Waals surface area (Å²) in [6, 6.07) is 5.34. The maximum absolute atomic E-state index is 13.2. The third kappa shape index (κ3) is 7.39. The van der Waals surface area contributed by atoms with E-state index in [9.17, 15) is 26.1 Å². The van der Waals surface area contributed by atoms with Gasteiger partial charge in [-0.15, -0.1) is 17.9 Å². The smallest absolute Gasteiger partial charge is 0.573 e. The normalized spacial score (nSPS) is 16.9. The van der Waals surface area contributed by atoms with Crippen molar-refractivity contribution < 1.29 is 30.9 Å². The molecule has 0 spiro atoms. The number of nitrogens with two attached hydrogens (primary N) is 1. The first-order valence-electron chi connectivity index (χ1n) is 11.4. The van der Waals surface area contributed by atoms with E-state index in [2.05, 4.69) is 9.46 Å². The minimum atomic E-state index is -5.01. The number of primary sulfonamides is 1. The molecule has 1 fully saturated rings. The number of hydrogen-bond donors (Lipinski definition) is 2. The summed E-state index contributed by atoms with van der Waals surface area (Å²) in [5, 5.41) is 5.42. The Labute approximate surface area is 207 Å². The van der Waals surface area contributed by atoms with Crippen molar-refractivity contribution in [1.29, 1.82) is 0 Å². The second-order valence-electron chi connectivity index (χ2n) is 9.97. The fourth-order valence-electron chi connectivity index (χ4n) is 4.37. The first kappa shape index (κ1) is 27.9. The van der Waals surface area contributed by atoms with Crippen molar-refractivity contribution >= 4 is 21.4 Å². The predicted octanol–water partition coefficient (Wildman–Crippen LogP) is 5.00. The van der Waals surface area contributed by atoms with Gasteiger partial charge in [-0.1, -0.05) is 19.3 Å². The van der Waals surface area contributed by atoms with Gasteiger partial charge in [-0.2, -0.15) is 0 Å². The van der Waals surface area contributed by atoms with E-state index in [-0.39, 0.29) is 9.79 Å². The molecule has 0 radical (unpaired) electrons. The van der Waals surface area contributed by atoms with Crippen molar-refractivity contribution in [2.24, 2.45) is 11.1 Å². The van der Waals surface area contributed by atoms with Crippen molar-refractivity contribution in [3.05, 3.63) is 30.0 Å². The highest BCUT2D eigenvalue weighted by Crippen LogP contribution is 2.37. The minimum Gasteiger partial charge on any atom is -0.593 e. The van der Waals surface area contributed by atoms with Gasteiger partial charge in [0.1, 0.15) is 4.90 Å². The van der Waals surface area contributed by atoms with Crippen LogP contribution in [0.2, 0.25) is 0 Å². The monoisotopic (exact) mass is 535 g/mol. The summed E-state index contributed by atoms with van der Waals surface area (Å²) in [7, 11) is -4.06. The van der Waals surface area contributed by atoms with Gasteiger partial charge in [-0.05, 0) is 70.7 Å². The molecule has 196 valence electrons. The number of rotatable bonds is 7. The number of halogens is 3. The van der Waals surface area contributed by atoms with Crippen LogP contribution in [0.15, 0.2) is 34.1 Å². The molecule has 7 nitrogen and oxygen atoms in total. The number of aromatic nitrogens is 1. The Morgan fingerprint density at radius 3 is 2.34 bits per heavy atom. The molecule has 1 aromatic heterocycles. The molecular formula is C23H32F3N3O4S2. The quantitative estimate of drug-likeness (QED) is 0.485. The zero-order valence-electron chi connectivity index (χ0n) is 20.2. The van der Waals surface area contributed by atoms with Crippen molar-refractivity contribution in [3.8, 4) is 17.0 Å². The Morgan fingerprint density at radius 1 is 1.17 bits per heavy atom. The van der Waals surface area contributed by atoms with Crippen LogP contribution in [0.3, 0.4) is 0 Å². The fourth-order valence-corrected chi connectivity index (χ4v) is 6.31. The SMILES string of the molecule is Cc1c(S(N)(=O)=O)cc(-c2ccc([S+]([O-])NC(C)(C)C)c(OC(F)(F)F)c2)n1CC1CCCCC1. The minimum absolute atomic E-state index is 0.0800. The van der Waals surface area contributed by atoms with Gasteiger partial charge in [0.25, 0.3) is 0 Å². The van der Waals surface area contributed by atoms with Crippen LogP contribution < -0.4 is 14.6 Å². The number of nitrogens with one attached hydrogen (secondary N) is 1. The molecule has 1 saturated carbocycles. The Hall–Kier alpha value is -1.73. The molecule has 2 aromatic rings. The average molecular weight is 536 g/mol. The van der Waals surface area contributed by atoms with Gasteiger partial charge in [0.15, 0.2) is 5.75 Å². The number of alkyl halides is 3. The van der Waals surface area contributed by atoms with E-state index in [1.165, 1.54) is 18.2 Å². The first-order chi connectivity index (χ1) is 16.0. The lowest BCUT2D eigenvalue weighted by molar-refractivity contribution is -0.275. The third-order valence-corrected chi connectivity index (χ3v) is 8.42. The topological polar surface area (TPSA) is 109 Å². The highest BCUT2D eigenvalue weighted by molar-refractivity contribution is 7.89. The van der Waals surface area contributed by atoms with E-state index in [1.54, 1.807) is 32.3 Å². The summed E-state index contributed by atoms with van der Waals surface area (Å²) in [5.74, 6) is -0.305. The zero-order chi connectivity index (χ0) is 26.2. The summed E-state index contributed by atoms with van der Waals surface area (Å²) < 4.78 is 85.7. The van der Waals surface area contributed by atoms with E-state index >= 15 is 0 Å². The number of ether oxygens (including phenoxy) is 1. The lowest BCUT2D eigenvalue weighted by atomic mass is 9.89. The molecule has 1 aromatic carbocycles. The van der Waals surface area contributed by atoms with Gasteiger partial charge in [0.05, 0.1) is 16.9 Å². The molecular weight excluding hydrogens is 503 g/mol. The van der Waals surface area contributed by atoms with E-state index < -0.39 is 39.0 Å². The van der Waals surface area contributed by atoms with Crippen LogP contribution in [-0.2, 0) is 27.9 Å². The summed E-state index contributed by atoms with van der Waals surface area (Å²) in [4.78, 5) is -0.251. The number of sulfonamides is 1. The van der Waals surface area contributed by atoms with Gasteiger partial charge in [-0.3, -0.25) is 0 Å². The van der Waals surface area contributed by atoms with Crippen LogP contribution in [0, 0.1) is 12.8 Å². The van der Waals surface area contributed by atoms with Crippen molar-refractivity contribution in [2.75, 3.05) is 0 Å². The highest BCUT2D eigenvalue weighted by atomic mass is 32.2. The molecule has 0 bridgehead atoms. The maximum Gasteiger partial charge on any atom is 0.573 e. The van der Waals surface area contributed by atoms with Crippen molar-refractivity contribution in [2.45, 2.75) is 88.0 Å². The number of benzene rings is 1. The Balaban J connectivity index is 2.12. The maximum atomic E-state index is 13.2. The van der Waals surface area contributed by atoms with Gasteiger partial charge in [-0.25, -0.2) is 13.6 Å². The molecule has 1 atom stereocenters. The van der Waals surface area contributed by atoms with Gasteiger partial charge in [0, 0.05) is 23.5 Å². The Kier molecular flexibility index (Phi) is 8.22. The van der Waals surface area contributed by atoms with Crippen LogP contribution in [0.5, 0.6) is 5.75 Å².